The molecule has 1 N–H and O–H groups in total. The Bertz CT molecular complexity index is 1070. The molecule has 0 atom stereocenters. The molecule has 0 aromatic heterocycles. The summed E-state index contributed by atoms with van der Waals surface area (Å²) < 4.78 is 9.91. The second-order valence-electron chi connectivity index (χ2n) is 8.24. The van der Waals surface area contributed by atoms with Crippen LogP contribution in [0.4, 0.5) is 5.69 Å². The first-order valence-corrected chi connectivity index (χ1v) is 12.5. The van der Waals surface area contributed by atoms with Crippen LogP contribution in [0.5, 0.6) is 0 Å². The Morgan fingerprint density at radius 3 is 2.31 bits per heavy atom. The number of hydrogen-bond donors (Lipinski definition) is 1. The summed E-state index contributed by atoms with van der Waals surface area (Å²) in [5.74, 6) is -1.62. The van der Waals surface area contributed by atoms with Crippen LogP contribution in [-0.2, 0) is 19.1 Å². The highest BCUT2D eigenvalue weighted by Crippen LogP contribution is 2.26. The van der Waals surface area contributed by atoms with E-state index in [0.717, 1.165) is 25.7 Å². The van der Waals surface area contributed by atoms with Gasteiger partial charge in [0, 0.05) is 18.0 Å². The van der Waals surface area contributed by atoms with Gasteiger partial charge < -0.3 is 19.7 Å². The van der Waals surface area contributed by atoms with Crippen LogP contribution in [-0.4, -0.2) is 61.2 Å². The largest absolute Gasteiger partial charge is 0.465 e. The number of amides is 2. The fourth-order valence-corrected chi connectivity index (χ4v) is 4.91. The quantitative estimate of drug-likeness (QED) is 0.409. The van der Waals surface area contributed by atoms with Crippen molar-refractivity contribution in [2.75, 3.05) is 31.8 Å². The van der Waals surface area contributed by atoms with Gasteiger partial charge in [0.25, 0.3) is 5.91 Å². The van der Waals surface area contributed by atoms with Gasteiger partial charge in [-0.1, -0.05) is 43.5 Å². The van der Waals surface area contributed by atoms with E-state index in [9.17, 15) is 19.2 Å². The number of methoxy groups -OCH3 is 1. The lowest BCUT2D eigenvalue weighted by Crippen LogP contribution is -2.39. The van der Waals surface area contributed by atoms with Crippen molar-refractivity contribution >= 4 is 41.2 Å². The fraction of sp³-hybridized carbons (Fsp3) is 0.385. The van der Waals surface area contributed by atoms with Gasteiger partial charge in [0.15, 0.2) is 6.61 Å². The average molecular weight is 499 g/mol. The van der Waals surface area contributed by atoms with Crippen molar-refractivity contribution in [1.29, 1.82) is 0 Å². The molecule has 9 heteroatoms. The zero-order valence-electron chi connectivity index (χ0n) is 20.0. The zero-order valence-corrected chi connectivity index (χ0v) is 20.8. The minimum absolute atomic E-state index is 0.0220. The highest BCUT2D eigenvalue weighted by Gasteiger charge is 2.23. The number of carbonyl (C=O) groups excluding carboxylic acids is 4. The van der Waals surface area contributed by atoms with Crippen molar-refractivity contribution in [2.24, 2.45) is 0 Å². The molecular formula is C26H30N2O6S. The van der Waals surface area contributed by atoms with Gasteiger partial charge in [-0.05, 0) is 37.1 Å². The van der Waals surface area contributed by atoms with Gasteiger partial charge in [-0.2, -0.15) is 0 Å². The number of hydrogen-bond acceptors (Lipinski definition) is 7. The van der Waals surface area contributed by atoms with Crippen LogP contribution in [0.1, 0.15) is 52.8 Å². The topological polar surface area (TPSA) is 102 Å². The normalized spacial score (nSPS) is 13.5. The third-order valence-corrected chi connectivity index (χ3v) is 6.97. The minimum Gasteiger partial charge on any atom is -0.465 e. The molecule has 1 aliphatic rings. The monoisotopic (exact) mass is 498 g/mol. The molecule has 0 bridgehead atoms. The van der Waals surface area contributed by atoms with E-state index in [1.807, 2.05) is 11.9 Å². The lowest BCUT2D eigenvalue weighted by atomic mass is 9.94. The van der Waals surface area contributed by atoms with Crippen molar-refractivity contribution in [2.45, 2.75) is 43.0 Å². The summed E-state index contributed by atoms with van der Waals surface area (Å²) in [6.45, 7) is -0.531. The molecule has 0 saturated heterocycles. The molecule has 2 aromatic rings. The SMILES string of the molecule is COC(=O)c1ccccc1NC(=O)COC(=O)c1ccccc1SCC(=O)N(C)C1CCCCC1. The van der Waals surface area contributed by atoms with Crippen molar-refractivity contribution in [1.82, 2.24) is 4.90 Å². The van der Waals surface area contributed by atoms with E-state index >= 15 is 0 Å². The van der Waals surface area contributed by atoms with Gasteiger partial charge in [0.2, 0.25) is 5.91 Å². The first-order chi connectivity index (χ1) is 16.9. The predicted octanol–water partition coefficient (Wildman–Crippen LogP) is 4.15. The molecule has 1 saturated carbocycles. The lowest BCUT2D eigenvalue weighted by Gasteiger charge is -2.31. The van der Waals surface area contributed by atoms with Gasteiger partial charge in [-0.3, -0.25) is 9.59 Å². The average Bonchev–Trinajstić information content (AvgIpc) is 2.90. The van der Waals surface area contributed by atoms with Gasteiger partial charge in [-0.15, -0.1) is 11.8 Å². The van der Waals surface area contributed by atoms with Crippen LogP contribution in [0.25, 0.3) is 0 Å². The van der Waals surface area contributed by atoms with Crippen LogP contribution in [0.3, 0.4) is 0 Å². The van der Waals surface area contributed by atoms with E-state index in [4.69, 9.17) is 9.47 Å². The molecule has 1 aliphatic carbocycles. The summed E-state index contributed by atoms with van der Waals surface area (Å²) in [7, 11) is 3.09. The van der Waals surface area contributed by atoms with E-state index in [1.54, 1.807) is 42.5 Å². The highest BCUT2D eigenvalue weighted by atomic mass is 32.2. The molecule has 8 nitrogen and oxygen atoms in total. The van der Waals surface area contributed by atoms with Crippen LogP contribution in [0.15, 0.2) is 53.4 Å². The maximum Gasteiger partial charge on any atom is 0.339 e. The van der Waals surface area contributed by atoms with Gasteiger partial charge >= 0.3 is 11.9 Å². The maximum atomic E-state index is 12.7. The van der Waals surface area contributed by atoms with Gasteiger partial charge in [0.1, 0.15) is 0 Å². The van der Waals surface area contributed by atoms with Crippen LogP contribution in [0.2, 0.25) is 0 Å². The zero-order chi connectivity index (χ0) is 25.2. The number of thioether (sulfide) groups is 1. The molecule has 2 amide bonds. The van der Waals surface area contributed by atoms with Crippen molar-refractivity contribution in [3.63, 3.8) is 0 Å². The summed E-state index contributed by atoms with van der Waals surface area (Å²) in [4.78, 5) is 52.0. The molecule has 0 radical (unpaired) electrons. The number of para-hydroxylation sites is 1. The van der Waals surface area contributed by atoms with E-state index in [1.165, 1.54) is 31.4 Å². The summed E-state index contributed by atoms with van der Waals surface area (Å²) >= 11 is 1.28. The molecule has 2 aromatic carbocycles. The predicted molar refractivity (Wildman–Crippen MR) is 134 cm³/mol. The van der Waals surface area contributed by atoms with Crippen LogP contribution >= 0.6 is 11.8 Å². The second-order valence-corrected chi connectivity index (χ2v) is 9.26. The smallest absolute Gasteiger partial charge is 0.339 e. The third kappa shape index (κ3) is 7.32. The number of rotatable bonds is 9. The van der Waals surface area contributed by atoms with E-state index < -0.39 is 24.5 Å². The summed E-state index contributed by atoms with van der Waals surface area (Å²) in [6.07, 6.45) is 5.57. The molecule has 3 rings (SSSR count). The summed E-state index contributed by atoms with van der Waals surface area (Å²) in [6, 6.07) is 13.5. The van der Waals surface area contributed by atoms with Crippen molar-refractivity contribution in [3.8, 4) is 0 Å². The Balaban J connectivity index is 1.55. The number of ether oxygens (including phenoxy) is 2. The lowest BCUT2D eigenvalue weighted by molar-refractivity contribution is -0.129. The Morgan fingerprint density at radius 2 is 1.60 bits per heavy atom. The number of nitrogens with one attached hydrogen (secondary N) is 1. The molecule has 186 valence electrons. The van der Waals surface area contributed by atoms with Crippen molar-refractivity contribution < 1.29 is 28.7 Å². The molecule has 0 unspecified atom stereocenters. The van der Waals surface area contributed by atoms with Crippen LogP contribution in [0, 0.1) is 0 Å². The van der Waals surface area contributed by atoms with E-state index in [2.05, 4.69) is 5.32 Å². The molecule has 35 heavy (non-hydrogen) atoms. The number of benzene rings is 2. The Kier molecular flexibility index (Phi) is 9.72. The van der Waals surface area contributed by atoms with Gasteiger partial charge in [-0.25, -0.2) is 9.59 Å². The Hall–Kier alpha value is -3.33. The molecule has 1 fully saturated rings. The standard InChI is InChI=1S/C26H30N2O6S/c1-28(18-10-4-3-5-11-18)24(30)17-35-22-15-9-7-13-20(22)26(32)34-16-23(29)27-21-14-8-6-12-19(21)25(31)33-2/h6-9,12-15,18H,3-5,10-11,16-17H2,1-2H3,(H,27,29). The van der Waals surface area contributed by atoms with Gasteiger partial charge in [0.05, 0.1) is 29.7 Å². The molecule has 0 spiro atoms. The molecule has 0 aliphatic heterocycles. The number of nitrogens with zero attached hydrogens (tertiary/aromatic N) is 1. The second kappa shape index (κ2) is 12.9. The fourth-order valence-electron chi connectivity index (χ4n) is 3.95. The summed E-state index contributed by atoms with van der Waals surface area (Å²) in [5.41, 5.74) is 0.740. The molecular weight excluding hydrogens is 468 g/mol. The van der Waals surface area contributed by atoms with Crippen molar-refractivity contribution in [3.05, 3.63) is 59.7 Å². The van der Waals surface area contributed by atoms with Crippen LogP contribution < -0.4 is 5.32 Å². The first kappa shape index (κ1) is 26.3. The Morgan fingerprint density at radius 1 is 0.943 bits per heavy atom. The minimum atomic E-state index is -0.669. The number of carbonyl (C=O) groups is 4. The number of esters is 2. The molecule has 0 heterocycles. The highest BCUT2D eigenvalue weighted by molar-refractivity contribution is 8.00. The third-order valence-electron chi connectivity index (χ3n) is 5.91. The maximum absolute atomic E-state index is 12.7. The van der Waals surface area contributed by atoms with E-state index in [-0.39, 0.29) is 34.5 Å². The first-order valence-electron chi connectivity index (χ1n) is 11.5. The van der Waals surface area contributed by atoms with E-state index in [0.29, 0.717) is 4.90 Å². The Labute approximate surface area is 209 Å². The summed E-state index contributed by atoms with van der Waals surface area (Å²) in [5, 5.41) is 2.56. The number of anilines is 1.